The predicted octanol–water partition coefficient (Wildman–Crippen LogP) is 4.04. The summed E-state index contributed by atoms with van der Waals surface area (Å²) in [6.45, 7) is 2.92. The molecular formula is C26H24N6. The SMILES string of the molecule is CNC1CCN(c2ccc3c(c2)Cn2cc(-c4ccc(C#N)cc4)cc2-c2nccn2-3)C1. The molecule has 6 heteroatoms. The minimum absolute atomic E-state index is 0.556. The van der Waals surface area contributed by atoms with Crippen LogP contribution in [0.25, 0.3) is 28.3 Å². The first-order valence-electron chi connectivity index (χ1n) is 11.0. The molecule has 32 heavy (non-hydrogen) atoms. The van der Waals surface area contributed by atoms with Crippen molar-refractivity contribution >= 4 is 5.69 Å². The molecule has 0 bridgehead atoms. The highest BCUT2D eigenvalue weighted by molar-refractivity contribution is 5.72. The van der Waals surface area contributed by atoms with Crippen LogP contribution < -0.4 is 10.2 Å². The summed E-state index contributed by atoms with van der Waals surface area (Å²) in [5, 5.41) is 12.5. The van der Waals surface area contributed by atoms with Gasteiger partial charge in [0.05, 0.1) is 23.0 Å². The van der Waals surface area contributed by atoms with E-state index < -0.39 is 0 Å². The van der Waals surface area contributed by atoms with Gasteiger partial charge < -0.3 is 14.8 Å². The summed E-state index contributed by atoms with van der Waals surface area (Å²) < 4.78 is 4.49. The van der Waals surface area contributed by atoms with Crippen molar-refractivity contribution in [3.8, 4) is 34.4 Å². The summed E-state index contributed by atoms with van der Waals surface area (Å²) in [6, 6.07) is 19.5. The third-order valence-electron chi connectivity index (χ3n) is 6.74. The third kappa shape index (κ3) is 3.02. The van der Waals surface area contributed by atoms with E-state index >= 15 is 0 Å². The van der Waals surface area contributed by atoms with Crippen LogP contribution >= 0.6 is 0 Å². The number of nitriles is 1. The summed E-state index contributed by atoms with van der Waals surface area (Å²) in [5.74, 6) is 0.952. The minimum atomic E-state index is 0.556. The molecule has 0 aliphatic carbocycles. The lowest BCUT2D eigenvalue weighted by Gasteiger charge is -2.21. The molecule has 4 heterocycles. The summed E-state index contributed by atoms with van der Waals surface area (Å²) in [6.07, 6.45) is 7.29. The van der Waals surface area contributed by atoms with Gasteiger partial charge in [0.25, 0.3) is 0 Å². The molecule has 2 aliphatic rings. The highest BCUT2D eigenvalue weighted by Gasteiger charge is 2.24. The number of hydrogen-bond donors (Lipinski definition) is 1. The maximum Gasteiger partial charge on any atom is 0.161 e. The Balaban J connectivity index is 1.42. The fourth-order valence-electron chi connectivity index (χ4n) is 4.96. The number of benzene rings is 2. The third-order valence-corrected chi connectivity index (χ3v) is 6.74. The Hall–Kier alpha value is -3.82. The van der Waals surface area contributed by atoms with Gasteiger partial charge in [-0.1, -0.05) is 12.1 Å². The van der Waals surface area contributed by atoms with Crippen LogP contribution in [0.5, 0.6) is 0 Å². The molecule has 2 aromatic carbocycles. The largest absolute Gasteiger partial charge is 0.370 e. The second kappa shape index (κ2) is 7.40. The highest BCUT2D eigenvalue weighted by atomic mass is 15.2. The molecule has 4 aromatic rings. The summed E-state index contributed by atoms with van der Waals surface area (Å²) in [4.78, 5) is 7.16. The van der Waals surface area contributed by atoms with Crippen molar-refractivity contribution in [1.82, 2.24) is 19.4 Å². The predicted molar refractivity (Wildman–Crippen MR) is 126 cm³/mol. The van der Waals surface area contributed by atoms with E-state index in [2.05, 4.69) is 55.9 Å². The molecule has 0 amide bonds. The summed E-state index contributed by atoms with van der Waals surface area (Å²) in [7, 11) is 2.05. The van der Waals surface area contributed by atoms with Crippen LogP contribution in [0.15, 0.2) is 67.1 Å². The van der Waals surface area contributed by atoms with Gasteiger partial charge in [-0.2, -0.15) is 5.26 Å². The first-order valence-corrected chi connectivity index (χ1v) is 11.0. The summed E-state index contributed by atoms with van der Waals surface area (Å²) in [5.41, 5.74) is 7.77. The van der Waals surface area contributed by atoms with Crippen LogP contribution in [0.4, 0.5) is 5.69 Å². The van der Waals surface area contributed by atoms with E-state index in [1.807, 2.05) is 43.7 Å². The Bertz CT molecular complexity index is 1340. The number of likely N-dealkylation sites (N-methyl/N-ethyl adjacent to an activating group) is 1. The Morgan fingerprint density at radius 1 is 1.09 bits per heavy atom. The minimum Gasteiger partial charge on any atom is -0.370 e. The van der Waals surface area contributed by atoms with Gasteiger partial charge in [0.15, 0.2) is 5.82 Å². The molecule has 1 N–H and O–H groups in total. The average molecular weight is 421 g/mol. The molecule has 6 rings (SSSR count). The van der Waals surface area contributed by atoms with Crippen molar-refractivity contribution in [3.63, 3.8) is 0 Å². The van der Waals surface area contributed by atoms with E-state index in [1.54, 1.807) is 0 Å². The van der Waals surface area contributed by atoms with Crippen molar-refractivity contribution < 1.29 is 0 Å². The zero-order valence-corrected chi connectivity index (χ0v) is 18.0. The number of imidazole rings is 1. The van der Waals surface area contributed by atoms with Crippen molar-refractivity contribution in [3.05, 3.63) is 78.2 Å². The molecule has 0 radical (unpaired) electrons. The Morgan fingerprint density at radius 2 is 1.97 bits per heavy atom. The van der Waals surface area contributed by atoms with Gasteiger partial charge in [0.1, 0.15) is 0 Å². The fourth-order valence-corrected chi connectivity index (χ4v) is 4.96. The topological polar surface area (TPSA) is 61.8 Å². The number of hydrogen-bond acceptors (Lipinski definition) is 4. The van der Waals surface area contributed by atoms with Crippen molar-refractivity contribution in [2.75, 3.05) is 25.0 Å². The molecule has 0 spiro atoms. The van der Waals surface area contributed by atoms with E-state index in [4.69, 9.17) is 10.2 Å². The second-order valence-corrected chi connectivity index (χ2v) is 8.59. The van der Waals surface area contributed by atoms with Gasteiger partial charge >= 0.3 is 0 Å². The van der Waals surface area contributed by atoms with Crippen LogP contribution in [-0.2, 0) is 6.54 Å². The molecule has 158 valence electrons. The van der Waals surface area contributed by atoms with E-state index in [0.29, 0.717) is 11.6 Å². The first-order chi connectivity index (χ1) is 15.7. The number of fused-ring (bicyclic) bond motifs is 5. The number of rotatable bonds is 3. The molecule has 0 saturated carbocycles. The lowest BCUT2D eigenvalue weighted by molar-refractivity contribution is 0.617. The van der Waals surface area contributed by atoms with Gasteiger partial charge in [-0.3, -0.25) is 4.57 Å². The van der Waals surface area contributed by atoms with Crippen LogP contribution in [0.1, 0.15) is 17.5 Å². The van der Waals surface area contributed by atoms with Gasteiger partial charge in [0, 0.05) is 55.5 Å². The standard InChI is InChI=1S/C26H24N6/c1-28-22-8-10-30(17-22)23-6-7-24-21(12-23)16-31-15-20(19-4-2-18(14-27)3-5-19)13-25(31)26-29-9-11-32(24)26/h2-7,9,11-13,15,22,28H,8,10,16-17H2,1H3. The summed E-state index contributed by atoms with van der Waals surface area (Å²) >= 11 is 0. The van der Waals surface area contributed by atoms with Crippen LogP contribution in [-0.4, -0.2) is 40.3 Å². The maximum absolute atomic E-state index is 9.10. The number of nitrogens with zero attached hydrogens (tertiary/aromatic N) is 5. The monoisotopic (exact) mass is 420 g/mol. The van der Waals surface area contributed by atoms with Crippen LogP contribution in [0, 0.1) is 11.3 Å². The van der Waals surface area contributed by atoms with Crippen molar-refractivity contribution in [2.24, 2.45) is 0 Å². The number of nitrogens with one attached hydrogen (secondary N) is 1. The van der Waals surface area contributed by atoms with E-state index in [-0.39, 0.29) is 0 Å². The number of aromatic nitrogens is 3. The van der Waals surface area contributed by atoms with Gasteiger partial charge in [-0.15, -0.1) is 0 Å². The quantitative estimate of drug-likeness (QED) is 0.479. The molecule has 1 unspecified atom stereocenters. The Kier molecular flexibility index (Phi) is 4.37. The average Bonchev–Trinajstić information content (AvgIpc) is 3.57. The van der Waals surface area contributed by atoms with Crippen LogP contribution in [0.3, 0.4) is 0 Å². The fraction of sp³-hybridized carbons (Fsp3) is 0.231. The molecular weight excluding hydrogens is 396 g/mol. The van der Waals surface area contributed by atoms with E-state index in [1.165, 1.54) is 23.4 Å². The number of anilines is 1. The van der Waals surface area contributed by atoms with E-state index in [9.17, 15) is 0 Å². The molecule has 1 fully saturated rings. The van der Waals surface area contributed by atoms with E-state index in [0.717, 1.165) is 42.3 Å². The molecule has 2 aromatic heterocycles. The molecule has 1 atom stereocenters. The molecule has 1 saturated heterocycles. The normalized spacial score (nSPS) is 16.8. The zero-order valence-electron chi connectivity index (χ0n) is 18.0. The first kappa shape index (κ1) is 18.9. The highest BCUT2D eigenvalue weighted by Crippen LogP contribution is 2.35. The zero-order chi connectivity index (χ0) is 21.7. The van der Waals surface area contributed by atoms with Crippen molar-refractivity contribution in [1.29, 1.82) is 5.26 Å². The lowest BCUT2D eigenvalue weighted by atomic mass is 10.1. The molecule has 6 nitrogen and oxygen atoms in total. The van der Waals surface area contributed by atoms with Gasteiger partial charge in [0.2, 0.25) is 0 Å². The Labute approximate surface area is 187 Å². The molecule has 2 aliphatic heterocycles. The van der Waals surface area contributed by atoms with Crippen LogP contribution in [0.2, 0.25) is 0 Å². The maximum atomic E-state index is 9.10. The van der Waals surface area contributed by atoms with Crippen molar-refractivity contribution in [2.45, 2.75) is 19.0 Å². The van der Waals surface area contributed by atoms with Gasteiger partial charge in [-0.05, 0) is 61.0 Å². The lowest BCUT2D eigenvalue weighted by Crippen LogP contribution is -2.29. The second-order valence-electron chi connectivity index (χ2n) is 8.59. The van der Waals surface area contributed by atoms with Gasteiger partial charge in [-0.25, -0.2) is 4.98 Å². The smallest absolute Gasteiger partial charge is 0.161 e. The Morgan fingerprint density at radius 3 is 2.75 bits per heavy atom.